The molecule has 7 nitrogen and oxygen atoms in total. The van der Waals surface area contributed by atoms with Crippen molar-refractivity contribution in [1.82, 2.24) is 0 Å². The summed E-state index contributed by atoms with van der Waals surface area (Å²) >= 11 is 5.18. The molecule has 0 aliphatic carbocycles. The minimum absolute atomic E-state index is 0.0107. The predicted octanol–water partition coefficient (Wildman–Crippen LogP) is 3.27. The third kappa shape index (κ3) is 8.08. The number of hydrogen-bond donors (Lipinski definition) is 1. The number of benzene rings is 1. The van der Waals surface area contributed by atoms with Gasteiger partial charge in [0.1, 0.15) is 5.75 Å². The first-order chi connectivity index (χ1) is 9.92. The summed E-state index contributed by atoms with van der Waals surface area (Å²) in [4.78, 5) is 10.0. The average molecular weight is 337 g/mol. The summed E-state index contributed by atoms with van der Waals surface area (Å²) in [5, 5.41) is 18.1. The summed E-state index contributed by atoms with van der Waals surface area (Å²) in [5.74, 6) is 0.394. The quantitative estimate of drug-likeness (QED) is 0.464. The number of rotatable bonds is 7. The molecule has 0 heterocycles. The van der Waals surface area contributed by atoms with Gasteiger partial charge in [-0.15, -0.1) is 0 Å². The maximum atomic E-state index is 10.5. The van der Waals surface area contributed by atoms with Gasteiger partial charge in [-0.1, -0.05) is 0 Å². The molecular weight excluding hydrogens is 317 g/mol. The number of nitro benzene ring substituents is 1. The van der Waals surface area contributed by atoms with Crippen molar-refractivity contribution in [3.05, 3.63) is 34.4 Å². The Morgan fingerprint density at radius 3 is 1.95 bits per heavy atom. The van der Waals surface area contributed by atoms with Gasteiger partial charge in [0.05, 0.1) is 18.1 Å². The van der Waals surface area contributed by atoms with Crippen LogP contribution in [0.3, 0.4) is 0 Å². The maximum Gasteiger partial charge on any atom is 0.380 e. The third-order valence-corrected chi connectivity index (χ3v) is 4.28. The zero-order chi connectivity index (χ0) is 16.3. The number of nitro groups is 1. The van der Waals surface area contributed by atoms with Crippen LogP contribution >= 0.6 is 6.72 Å². The second-order valence-electron chi connectivity index (χ2n) is 3.44. The van der Waals surface area contributed by atoms with Crippen LogP contribution in [0, 0.1) is 10.1 Å². The first kappa shape index (κ1) is 19.9. The van der Waals surface area contributed by atoms with Gasteiger partial charge in [-0.05, 0) is 32.9 Å². The highest BCUT2D eigenvalue weighted by Crippen LogP contribution is 2.49. The molecular formula is C12H20NO6PS. The van der Waals surface area contributed by atoms with Crippen LogP contribution in [-0.4, -0.2) is 29.9 Å². The van der Waals surface area contributed by atoms with Gasteiger partial charge in [-0.3, -0.25) is 19.2 Å². The van der Waals surface area contributed by atoms with E-state index in [4.69, 9.17) is 30.5 Å². The van der Waals surface area contributed by atoms with Gasteiger partial charge >= 0.3 is 6.72 Å². The highest BCUT2D eigenvalue weighted by atomic mass is 32.5. The molecule has 0 aliphatic heterocycles. The number of hydrogen-bond acceptors (Lipinski definition) is 7. The van der Waals surface area contributed by atoms with Crippen LogP contribution in [0.15, 0.2) is 24.3 Å². The summed E-state index contributed by atoms with van der Waals surface area (Å²) in [5.41, 5.74) is -0.0107. The lowest BCUT2D eigenvalue weighted by Crippen LogP contribution is -2.02. The molecule has 1 rings (SSSR count). The summed E-state index contributed by atoms with van der Waals surface area (Å²) < 4.78 is 16.1. The van der Waals surface area contributed by atoms with Gasteiger partial charge in [0, 0.05) is 30.5 Å². The van der Waals surface area contributed by atoms with E-state index in [-0.39, 0.29) is 12.3 Å². The van der Waals surface area contributed by atoms with Gasteiger partial charge in [-0.2, -0.15) is 0 Å². The van der Waals surface area contributed by atoms with E-state index >= 15 is 0 Å². The lowest BCUT2D eigenvalue weighted by atomic mass is 10.3. The molecule has 0 spiro atoms. The van der Waals surface area contributed by atoms with Crippen LogP contribution in [0.1, 0.15) is 20.8 Å². The largest absolute Gasteiger partial charge is 0.424 e. The van der Waals surface area contributed by atoms with Crippen molar-refractivity contribution in [2.24, 2.45) is 0 Å². The molecule has 0 saturated heterocycles. The molecule has 0 unspecified atom stereocenters. The molecule has 0 atom stereocenters. The van der Waals surface area contributed by atoms with Crippen LogP contribution in [0.25, 0.3) is 0 Å². The van der Waals surface area contributed by atoms with Crippen molar-refractivity contribution >= 4 is 24.2 Å². The second-order valence-corrected chi connectivity index (χ2v) is 6.38. The smallest absolute Gasteiger partial charge is 0.380 e. The molecule has 1 N–H and O–H groups in total. The number of nitrogens with zero attached hydrogens (tertiary/aromatic N) is 1. The molecule has 1 aromatic carbocycles. The lowest BCUT2D eigenvalue weighted by Gasteiger charge is -2.20. The van der Waals surface area contributed by atoms with Crippen molar-refractivity contribution < 1.29 is 23.6 Å². The highest BCUT2D eigenvalue weighted by Gasteiger charge is 2.21. The molecule has 0 aliphatic rings. The van der Waals surface area contributed by atoms with E-state index in [2.05, 4.69) is 0 Å². The molecule has 21 heavy (non-hydrogen) atoms. The highest BCUT2D eigenvalue weighted by molar-refractivity contribution is 8.07. The van der Waals surface area contributed by atoms with Crippen molar-refractivity contribution in [3.63, 3.8) is 0 Å². The first-order valence-electron chi connectivity index (χ1n) is 6.36. The summed E-state index contributed by atoms with van der Waals surface area (Å²) in [6, 6.07) is 5.62. The number of aliphatic hydroxyl groups excluding tert-OH is 1. The van der Waals surface area contributed by atoms with Crippen LogP contribution in [-0.2, 0) is 20.9 Å². The zero-order valence-corrected chi connectivity index (χ0v) is 13.9. The predicted molar refractivity (Wildman–Crippen MR) is 84.0 cm³/mol. The molecule has 1 aromatic rings. The van der Waals surface area contributed by atoms with E-state index in [9.17, 15) is 10.1 Å². The standard InChI is InChI=1S/C10H14NO5PS.C2H6O/c1-3-14-17(18,15-4-2)16-10-7-5-9(6-8-10)11(12)13;1-2-3/h5-8H,3-4H2,1-2H3;3H,2H2,1H3. The first-order valence-corrected chi connectivity index (χ1v) is 8.92. The summed E-state index contributed by atoms with van der Waals surface area (Å²) in [6.07, 6.45) is 0. The van der Waals surface area contributed by atoms with Crippen molar-refractivity contribution in [2.75, 3.05) is 19.8 Å². The molecule has 9 heteroatoms. The molecule has 0 saturated carbocycles. The maximum absolute atomic E-state index is 10.5. The topological polar surface area (TPSA) is 91.1 Å². The van der Waals surface area contributed by atoms with E-state index in [1.54, 1.807) is 20.8 Å². The zero-order valence-electron chi connectivity index (χ0n) is 12.2. The number of non-ortho nitro benzene ring substituents is 1. The van der Waals surface area contributed by atoms with Crippen LogP contribution < -0.4 is 4.52 Å². The van der Waals surface area contributed by atoms with Crippen molar-refractivity contribution in [2.45, 2.75) is 20.8 Å². The van der Waals surface area contributed by atoms with E-state index in [0.717, 1.165) is 0 Å². The summed E-state index contributed by atoms with van der Waals surface area (Å²) in [7, 11) is 0. The minimum atomic E-state index is -2.82. The molecule has 0 radical (unpaired) electrons. The van der Waals surface area contributed by atoms with E-state index in [0.29, 0.717) is 19.0 Å². The Labute approximate surface area is 129 Å². The third-order valence-electron chi connectivity index (χ3n) is 1.84. The van der Waals surface area contributed by atoms with E-state index < -0.39 is 11.6 Å². The Balaban J connectivity index is 0.00000122. The number of aliphatic hydroxyl groups is 1. The van der Waals surface area contributed by atoms with Crippen molar-refractivity contribution in [1.29, 1.82) is 0 Å². The molecule has 0 fully saturated rings. The molecule has 0 bridgehead atoms. The fourth-order valence-corrected chi connectivity index (χ4v) is 3.25. The molecule has 120 valence electrons. The van der Waals surface area contributed by atoms with Gasteiger partial charge < -0.3 is 9.63 Å². The van der Waals surface area contributed by atoms with Gasteiger partial charge in [-0.25, -0.2) is 0 Å². The lowest BCUT2D eigenvalue weighted by molar-refractivity contribution is -0.384. The van der Waals surface area contributed by atoms with Gasteiger partial charge in [0.15, 0.2) is 0 Å². The fourth-order valence-electron chi connectivity index (χ4n) is 1.16. The SMILES string of the molecule is CCO.CCOP(=S)(OCC)Oc1ccc([N+](=O)[O-])cc1. The Morgan fingerprint density at radius 2 is 1.62 bits per heavy atom. The van der Waals surface area contributed by atoms with Crippen molar-refractivity contribution in [3.8, 4) is 5.75 Å². The van der Waals surface area contributed by atoms with Crippen LogP contribution in [0.4, 0.5) is 5.69 Å². The van der Waals surface area contributed by atoms with Crippen LogP contribution in [0.5, 0.6) is 5.75 Å². The van der Waals surface area contributed by atoms with Gasteiger partial charge in [0.2, 0.25) is 0 Å². The second kappa shape index (κ2) is 10.6. The summed E-state index contributed by atoms with van der Waals surface area (Å²) in [6.45, 7) is 3.45. The Morgan fingerprint density at radius 1 is 1.19 bits per heavy atom. The fraction of sp³-hybridized carbons (Fsp3) is 0.500. The minimum Gasteiger partial charge on any atom is -0.424 e. The van der Waals surface area contributed by atoms with Crippen LogP contribution in [0.2, 0.25) is 0 Å². The Bertz CT molecular complexity index is 457. The molecule has 0 aromatic heterocycles. The van der Waals surface area contributed by atoms with Gasteiger partial charge in [0.25, 0.3) is 5.69 Å². The average Bonchev–Trinajstić information content (AvgIpc) is 2.40. The van der Waals surface area contributed by atoms with E-state index in [1.165, 1.54) is 24.3 Å². The monoisotopic (exact) mass is 337 g/mol. The normalized spacial score (nSPS) is 10.5. The van der Waals surface area contributed by atoms with E-state index in [1.807, 2.05) is 0 Å². The molecule has 0 amide bonds. The Hall–Kier alpha value is -1.05. The Kier molecular flexibility index (Phi) is 10.1.